The molecule has 0 aromatic rings. The molecule has 0 rings (SSSR count). The van der Waals surface area contributed by atoms with Gasteiger partial charge in [-0.1, -0.05) is 6.92 Å². The first-order chi connectivity index (χ1) is 5.66. The van der Waals surface area contributed by atoms with Crippen LogP contribution in [-0.4, -0.2) is 18.4 Å². The molecule has 0 heterocycles. The number of carbonyl (C=O) groups is 2. The monoisotopic (exact) mass is 172 g/mol. The van der Waals surface area contributed by atoms with Gasteiger partial charge in [0.2, 0.25) is 5.91 Å². The summed E-state index contributed by atoms with van der Waals surface area (Å²) in [6, 6.07) is 0. The fourth-order valence-electron chi connectivity index (χ4n) is 0.746. The smallest absolute Gasteiger partial charge is 0.220 e. The third-order valence-corrected chi connectivity index (χ3v) is 1.36. The first-order valence-electron chi connectivity index (χ1n) is 4.13. The van der Waals surface area contributed by atoms with Crippen molar-refractivity contribution >= 4 is 11.9 Å². The van der Waals surface area contributed by atoms with E-state index in [9.17, 15) is 14.7 Å². The van der Waals surface area contributed by atoms with Crippen LogP contribution in [0.2, 0.25) is 0 Å². The van der Waals surface area contributed by atoms with Gasteiger partial charge in [-0.3, -0.25) is 4.79 Å². The highest BCUT2D eigenvalue weighted by Gasteiger charge is 1.98. The van der Waals surface area contributed by atoms with Crippen molar-refractivity contribution in [3.8, 4) is 0 Å². The molecule has 0 saturated heterocycles. The second-order valence-electron chi connectivity index (χ2n) is 2.58. The van der Waals surface area contributed by atoms with Gasteiger partial charge in [0.05, 0.1) is 0 Å². The first kappa shape index (κ1) is 10.9. The lowest BCUT2D eigenvalue weighted by Crippen LogP contribution is -2.25. The van der Waals surface area contributed by atoms with Crippen LogP contribution in [0.15, 0.2) is 0 Å². The van der Waals surface area contributed by atoms with Crippen LogP contribution >= 0.6 is 0 Å². The van der Waals surface area contributed by atoms with Crippen LogP contribution in [0.4, 0.5) is 0 Å². The molecule has 0 radical (unpaired) electrons. The maximum atomic E-state index is 10.9. The maximum Gasteiger partial charge on any atom is 0.220 e. The van der Waals surface area contributed by atoms with Crippen LogP contribution in [0.5, 0.6) is 0 Å². The molecule has 70 valence electrons. The van der Waals surface area contributed by atoms with Crippen molar-refractivity contribution in [2.24, 2.45) is 0 Å². The highest BCUT2D eigenvalue weighted by Crippen LogP contribution is 1.93. The summed E-state index contributed by atoms with van der Waals surface area (Å²) in [5.41, 5.74) is 0. The minimum absolute atomic E-state index is 0.0421. The minimum Gasteiger partial charge on any atom is -0.550 e. The second-order valence-corrected chi connectivity index (χ2v) is 2.58. The van der Waals surface area contributed by atoms with E-state index in [0.29, 0.717) is 13.0 Å². The van der Waals surface area contributed by atoms with Crippen LogP contribution < -0.4 is 10.4 Å². The average Bonchev–Trinajstić information content (AvgIpc) is 2.00. The van der Waals surface area contributed by atoms with Gasteiger partial charge in [-0.05, 0) is 19.3 Å². The molecule has 0 aromatic carbocycles. The zero-order chi connectivity index (χ0) is 9.40. The van der Waals surface area contributed by atoms with E-state index in [1.165, 1.54) is 0 Å². The standard InChI is InChI=1S/C8H15NO3/c1-2-6-9-7(10)4-3-5-8(11)12/h2-6H2,1H3,(H,9,10)(H,11,12)/p-1. The van der Waals surface area contributed by atoms with Crippen molar-refractivity contribution in [2.75, 3.05) is 6.54 Å². The summed E-state index contributed by atoms with van der Waals surface area (Å²) in [6.07, 6.45) is 1.48. The Balaban J connectivity index is 3.25. The number of carboxylic acid groups (broad SMARTS) is 1. The largest absolute Gasteiger partial charge is 0.550 e. The van der Waals surface area contributed by atoms with Gasteiger partial charge in [0, 0.05) is 18.9 Å². The molecule has 0 spiro atoms. The number of aliphatic carboxylic acids is 1. The highest BCUT2D eigenvalue weighted by atomic mass is 16.4. The van der Waals surface area contributed by atoms with Gasteiger partial charge in [0.15, 0.2) is 0 Å². The van der Waals surface area contributed by atoms with Gasteiger partial charge in [-0.25, -0.2) is 0 Å². The Morgan fingerprint density at radius 3 is 2.50 bits per heavy atom. The van der Waals surface area contributed by atoms with E-state index >= 15 is 0 Å². The van der Waals surface area contributed by atoms with Crippen molar-refractivity contribution < 1.29 is 14.7 Å². The van der Waals surface area contributed by atoms with Gasteiger partial charge >= 0.3 is 0 Å². The lowest BCUT2D eigenvalue weighted by molar-refractivity contribution is -0.305. The van der Waals surface area contributed by atoms with Gasteiger partial charge in [-0.15, -0.1) is 0 Å². The van der Waals surface area contributed by atoms with Gasteiger partial charge in [0.1, 0.15) is 0 Å². The maximum absolute atomic E-state index is 10.9. The summed E-state index contributed by atoms with van der Waals surface area (Å²) in [5.74, 6) is -1.18. The Morgan fingerprint density at radius 2 is 2.00 bits per heavy atom. The average molecular weight is 172 g/mol. The molecule has 0 aromatic heterocycles. The molecule has 12 heavy (non-hydrogen) atoms. The molecule has 0 saturated carbocycles. The number of hydrogen-bond acceptors (Lipinski definition) is 3. The van der Waals surface area contributed by atoms with E-state index in [-0.39, 0.29) is 18.7 Å². The number of hydrogen-bond donors (Lipinski definition) is 1. The number of nitrogens with one attached hydrogen (secondary N) is 1. The summed E-state index contributed by atoms with van der Waals surface area (Å²) in [5, 5.41) is 12.6. The Labute approximate surface area is 72.0 Å². The van der Waals surface area contributed by atoms with Crippen LogP contribution in [-0.2, 0) is 9.59 Å². The molecular formula is C8H14NO3-. The van der Waals surface area contributed by atoms with E-state index in [1.807, 2.05) is 6.92 Å². The first-order valence-corrected chi connectivity index (χ1v) is 4.13. The Bertz CT molecular complexity index is 156. The topological polar surface area (TPSA) is 69.2 Å². The Hall–Kier alpha value is -1.06. The van der Waals surface area contributed by atoms with Gasteiger partial charge < -0.3 is 15.2 Å². The van der Waals surface area contributed by atoms with E-state index < -0.39 is 5.97 Å². The van der Waals surface area contributed by atoms with Crippen molar-refractivity contribution in [2.45, 2.75) is 32.6 Å². The van der Waals surface area contributed by atoms with Gasteiger partial charge in [-0.2, -0.15) is 0 Å². The predicted molar refractivity (Wildman–Crippen MR) is 42.2 cm³/mol. The molecule has 0 unspecified atom stereocenters. The zero-order valence-corrected chi connectivity index (χ0v) is 7.26. The van der Waals surface area contributed by atoms with E-state index in [1.54, 1.807) is 0 Å². The van der Waals surface area contributed by atoms with Crippen molar-refractivity contribution in [1.82, 2.24) is 5.32 Å². The molecule has 0 aliphatic heterocycles. The molecule has 0 bridgehead atoms. The zero-order valence-electron chi connectivity index (χ0n) is 7.26. The molecular weight excluding hydrogens is 158 g/mol. The summed E-state index contributed by atoms with van der Waals surface area (Å²) < 4.78 is 0. The fraction of sp³-hybridized carbons (Fsp3) is 0.750. The van der Waals surface area contributed by atoms with E-state index in [4.69, 9.17) is 0 Å². The summed E-state index contributed by atoms with van der Waals surface area (Å²) >= 11 is 0. The quantitative estimate of drug-likeness (QED) is 0.583. The Kier molecular flexibility index (Phi) is 6.05. The third-order valence-electron chi connectivity index (χ3n) is 1.36. The normalized spacial score (nSPS) is 9.42. The van der Waals surface area contributed by atoms with Gasteiger partial charge in [0.25, 0.3) is 0 Å². The van der Waals surface area contributed by atoms with Crippen LogP contribution in [0.1, 0.15) is 32.6 Å². The lowest BCUT2D eigenvalue weighted by atomic mass is 10.2. The van der Waals surface area contributed by atoms with Crippen molar-refractivity contribution in [3.63, 3.8) is 0 Å². The molecule has 1 amide bonds. The van der Waals surface area contributed by atoms with Crippen LogP contribution in [0.3, 0.4) is 0 Å². The third kappa shape index (κ3) is 7.05. The van der Waals surface area contributed by atoms with Crippen molar-refractivity contribution in [1.29, 1.82) is 0 Å². The Morgan fingerprint density at radius 1 is 1.33 bits per heavy atom. The SMILES string of the molecule is CCCNC(=O)CCCC(=O)[O-]. The van der Waals surface area contributed by atoms with E-state index in [0.717, 1.165) is 6.42 Å². The number of amides is 1. The lowest BCUT2D eigenvalue weighted by Gasteiger charge is -2.03. The summed E-state index contributed by atoms with van der Waals surface area (Å²) in [6.45, 7) is 2.62. The molecule has 1 N–H and O–H groups in total. The number of carboxylic acids is 1. The number of rotatable bonds is 6. The van der Waals surface area contributed by atoms with Crippen LogP contribution in [0.25, 0.3) is 0 Å². The van der Waals surface area contributed by atoms with E-state index in [2.05, 4.69) is 5.32 Å². The molecule has 0 atom stereocenters. The minimum atomic E-state index is -1.10. The second kappa shape index (κ2) is 6.64. The molecule has 0 aliphatic rings. The van der Waals surface area contributed by atoms with Crippen molar-refractivity contribution in [3.05, 3.63) is 0 Å². The molecule has 4 heteroatoms. The summed E-state index contributed by atoms with van der Waals surface area (Å²) in [7, 11) is 0. The molecule has 4 nitrogen and oxygen atoms in total. The highest BCUT2D eigenvalue weighted by molar-refractivity contribution is 5.76. The number of carbonyl (C=O) groups excluding carboxylic acids is 2. The predicted octanol–water partition coefficient (Wildman–Crippen LogP) is -0.567. The molecule has 0 fully saturated rings. The molecule has 0 aliphatic carbocycles. The van der Waals surface area contributed by atoms with Crippen LogP contribution in [0, 0.1) is 0 Å². The summed E-state index contributed by atoms with van der Waals surface area (Å²) in [4.78, 5) is 20.8. The fourth-order valence-corrected chi connectivity index (χ4v) is 0.746.